The van der Waals surface area contributed by atoms with E-state index < -0.39 is 21.8 Å². The molecule has 0 spiro atoms. The molecule has 0 aliphatic heterocycles. The maximum atomic E-state index is 13.1. The molecule has 8 heteroatoms. The van der Waals surface area contributed by atoms with Crippen LogP contribution in [0.3, 0.4) is 0 Å². The highest BCUT2D eigenvalue weighted by atomic mass is 32.2. The summed E-state index contributed by atoms with van der Waals surface area (Å²) in [6.45, 7) is 3.67. The first-order chi connectivity index (χ1) is 13.0. The molecular formula is C20H30N4O3S. The first-order valence-electron chi connectivity index (χ1n) is 9.19. The third-order valence-corrected chi connectivity index (χ3v) is 6.28. The van der Waals surface area contributed by atoms with Crippen LogP contribution in [0.25, 0.3) is 0 Å². The van der Waals surface area contributed by atoms with Gasteiger partial charge in [-0.2, -0.15) is 4.31 Å². The fraction of sp³-hybridized carbons (Fsp3) is 0.400. The van der Waals surface area contributed by atoms with Crippen molar-refractivity contribution in [1.29, 1.82) is 0 Å². The maximum absolute atomic E-state index is 13.1. The molecule has 0 heterocycles. The van der Waals surface area contributed by atoms with E-state index in [-0.39, 0.29) is 23.9 Å². The van der Waals surface area contributed by atoms with Crippen molar-refractivity contribution < 1.29 is 13.5 Å². The van der Waals surface area contributed by atoms with E-state index in [0.29, 0.717) is 12.1 Å². The Hall–Kier alpha value is -1.97. The summed E-state index contributed by atoms with van der Waals surface area (Å²) in [6.07, 6.45) is 0.325. The van der Waals surface area contributed by atoms with Crippen LogP contribution >= 0.6 is 0 Å². The Kier molecular flexibility index (Phi) is 7.19. The van der Waals surface area contributed by atoms with Gasteiger partial charge >= 0.3 is 0 Å². The van der Waals surface area contributed by atoms with Gasteiger partial charge in [0, 0.05) is 12.2 Å². The molecule has 0 saturated carbocycles. The van der Waals surface area contributed by atoms with Crippen molar-refractivity contribution in [2.24, 2.45) is 17.4 Å². The Bertz CT molecular complexity index is 853. The van der Waals surface area contributed by atoms with E-state index in [2.05, 4.69) is 0 Å². The average molecular weight is 407 g/mol. The number of hydrogen-bond donors (Lipinski definition) is 4. The molecule has 0 fully saturated rings. The molecule has 0 unspecified atom stereocenters. The van der Waals surface area contributed by atoms with Gasteiger partial charge in [0.2, 0.25) is 10.0 Å². The minimum absolute atomic E-state index is 0.0321. The van der Waals surface area contributed by atoms with Crippen molar-refractivity contribution in [1.82, 2.24) is 4.31 Å². The molecule has 0 radical (unpaired) electrons. The Morgan fingerprint density at radius 1 is 1.07 bits per heavy atom. The highest BCUT2D eigenvalue weighted by molar-refractivity contribution is 7.89. The number of sulfonamides is 1. The number of nitrogens with zero attached hydrogens (tertiary/aromatic N) is 1. The fourth-order valence-corrected chi connectivity index (χ4v) is 4.54. The summed E-state index contributed by atoms with van der Waals surface area (Å²) < 4.78 is 27.4. The second-order valence-corrected chi connectivity index (χ2v) is 9.49. The molecule has 0 bridgehead atoms. The van der Waals surface area contributed by atoms with Gasteiger partial charge in [0.05, 0.1) is 17.5 Å². The average Bonchev–Trinajstić information content (AvgIpc) is 2.61. The van der Waals surface area contributed by atoms with Crippen molar-refractivity contribution in [2.75, 3.05) is 18.8 Å². The Balaban J connectivity index is 2.25. The lowest BCUT2D eigenvalue weighted by atomic mass is 9.97. The Morgan fingerprint density at radius 2 is 1.64 bits per heavy atom. The van der Waals surface area contributed by atoms with Crippen molar-refractivity contribution in [3.05, 3.63) is 60.2 Å². The monoisotopic (exact) mass is 406 g/mol. The van der Waals surface area contributed by atoms with Crippen LogP contribution < -0.4 is 17.2 Å². The summed E-state index contributed by atoms with van der Waals surface area (Å²) in [4.78, 5) is 0.0924. The lowest BCUT2D eigenvalue weighted by Gasteiger charge is -2.35. The molecular weight excluding hydrogens is 376 g/mol. The molecule has 0 aliphatic rings. The normalized spacial score (nSPS) is 15.5. The van der Waals surface area contributed by atoms with Gasteiger partial charge in [-0.15, -0.1) is 0 Å². The van der Waals surface area contributed by atoms with Gasteiger partial charge < -0.3 is 22.3 Å². The third-order valence-electron chi connectivity index (χ3n) is 4.46. The van der Waals surface area contributed by atoms with Gasteiger partial charge in [0.25, 0.3) is 0 Å². The van der Waals surface area contributed by atoms with Gasteiger partial charge in [0.15, 0.2) is 0 Å². The van der Waals surface area contributed by atoms with Crippen LogP contribution in [0.2, 0.25) is 0 Å². The van der Waals surface area contributed by atoms with Gasteiger partial charge in [-0.05, 0) is 42.2 Å². The van der Waals surface area contributed by atoms with Crippen LogP contribution in [0, 0.1) is 5.92 Å². The smallest absolute Gasteiger partial charge is 0.243 e. The van der Waals surface area contributed by atoms with Crippen LogP contribution in [-0.4, -0.2) is 42.7 Å². The number of nitrogens with two attached hydrogens (primary N) is 3. The van der Waals surface area contributed by atoms with Crippen LogP contribution in [0.1, 0.15) is 19.4 Å². The summed E-state index contributed by atoms with van der Waals surface area (Å²) >= 11 is 0. The predicted octanol–water partition coefficient (Wildman–Crippen LogP) is 1.13. The van der Waals surface area contributed by atoms with Gasteiger partial charge in [-0.25, -0.2) is 8.42 Å². The van der Waals surface area contributed by atoms with Gasteiger partial charge in [-0.3, -0.25) is 0 Å². The summed E-state index contributed by atoms with van der Waals surface area (Å²) in [5.74, 6) is 0.0321. The topological polar surface area (TPSA) is 136 Å². The molecule has 28 heavy (non-hydrogen) atoms. The first-order valence-corrected chi connectivity index (χ1v) is 10.6. The largest absolute Gasteiger partial charge is 0.399 e. The maximum Gasteiger partial charge on any atom is 0.243 e. The molecule has 7 nitrogen and oxygen atoms in total. The molecule has 2 aromatic carbocycles. The Labute approximate surface area is 167 Å². The van der Waals surface area contributed by atoms with E-state index in [4.69, 9.17) is 17.2 Å². The molecule has 154 valence electrons. The minimum Gasteiger partial charge on any atom is -0.399 e. The molecule has 0 amide bonds. The van der Waals surface area contributed by atoms with Crippen molar-refractivity contribution in [2.45, 2.75) is 36.9 Å². The highest BCUT2D eigenvalue weighted by Crippen LogP contribution is 2.21. The quantitative estimate of drug-likeness (QED) is 0.364. The van der Waals surface area contributed by atoms with E-state index in [1.807, 2.05) is 44.2 Å². The van der Waals surface area contributed by atoms with E-state index in [1.165, 1.54) is 28.6 Å². The minimum atomic E-state index is -3.87. The number of nitrogen functional groups attached to an aromatic ring is 1. The van der Waals surface area contributed by atoms with Crippen molar-refractivity contribution >= 4 is 15.7 Å². The van der Waals surface area contributed by atoms with Gasteiger partial charge in [-0.1, -0.05) is 44.2 Å². The summed E-state index contributed by atoms with van der Waals surface area (Å²) in [7, 11) is -3.87. The molecule has 2 rings (SSSR count). The third kappa shape index (κ3) is 5.76. The summed E-state index contributed by atoms with van der Waals surface area (Å²) in [5, 5.41) is 10.8. The molecule has 7 N–H and O–H groups in total. The lowest BCUT2D eigenvalue weighted by molar-refractivity contribution is 0.00266. The van der Waals surface area contributed by atoms with Crippen LogP contribution in [0.5, 0.6) is 0 Å². The number of benzene rings is 2. The molecule has 0 aliphatic carbocycles. The fourth-order valence-electron chi connectivity index (χ4n) is 2.89. The summed E-state index contributed by atoms with van der Waals surface area (Å²) in [5.41, 5.74) is 17.4. The SMILES string of the molecule is CC(C)CN(C[C@@](N)(O)[C@@H](N)Cc1ccccc1)S(=O)(=O)c1ccc(N)cc1. The molecule has 0 aromatic heterocycles. The number of aliphatic hydroxyl groups is 1. The first kappa shape index (κ1) is 22.3. The van der Waals surface area contributed by atoms with E-state index in [0.717, 1.165) is 5.56 Å². The van der Waals surface area contributed by atoms with Crippen LogP contribution in [-0.2, 0) is 16.4 Å². The zero-order valence-electron chi connectivity index (χ0n) is 16.3. The number of anilines is 1. The number of hydrogen-bond acceptors (Lipinski definition) is 6. The second kappa shape index (κ2) is 9.02. The zero-order chi connectivity index (χ0) is 20.9. The zero-order valence-corrected chi connectivity index (χ0v) is 17.1. The van der Waals surface area contributed by atoms with Crippen LogP contribution in [0.15, 0.2) is 59.5 Å². The van der Waals surface area contributed by atoms with E-state index in [1.54, 1.807) is 0 Å². The Morgan fingerprint density at radius 3 is 2.18 bits per heavy atom. The molecule has 2 atom stereocenters. The van der Waals surface area contributed by atoms with Crippen molar-refractivity contribution in [3.63, 3.8) is 0 Å². The van der Waals surface area contributed by atoms with Gasteiger partial charge in [0.1, 0.15) is 5.72 Å². The van der Waals surface area contributed by atoms with E-state index >= 15 is 0 Å². The number of rotatable bonds is 9. The van der Waals surface area contributed by atoms with Crippen molar-refractivity contribution in [3.8, 4) is 0 Å². The molecule has 0 saturated heterocycles. The van der Waals surface area contributed by atoms with E-state index in [9.17, 15) is 13.5 Å². The predicted molar refractivity (Wildman–Crippen MR) is 112 cm³/mol. The lowest BCUT2D eigenvalue weighted by Crippen LogP contribution is -2.63. The molecule has 2 aromatic rings. The second-order valence-electron chi connectivity index (χ2n) is 7.55. The van der Waals surface area contributed by atoms with Crippen LogP contribution in [0.4, 0.5) is 5.69 Å². The standard InChI is InChI=1S/C20H30N4O3S/c1-15(2)13-24(28(26,27)18-10-8-17(21)9-11-18)14-20(23,25)19(22)12-16-6-4-3-5-7-16/h3-11,15,19,25H,12-14,21-23H2,1-2H3/t19-,20+/m0/s1. The highest BCUT2D eigenvalue weighted by Gasteiger charge is 2.37. The summed E-state index contributed by atoms with van der Waals surface area (Å²) in [6, 6.07) is 14.5.